The third kappa shape index (κ3) is 3.95. The molecule has 1 aliphatic carbocycles. The van der Waals surface area contributed by atoms with Gasteiger partial charge in [0.25, 0.3) is 0 Å². The largest absolute Gasteiger partial charge is 0.389 e. The van der Waals surface area contributed by atoms with E-state index in [1.165, 1.54) is 37.7 Å². The number of thiocarbonyl (C=S) groups is 1. The molecule has 0 radical (unpaired) electrons. The van der Waals surface area contributed by atoms with Crippen molar-refractivity contribution in [1.29, 1.82) is 0 Å². The van der Waals surface area contributed by atoms with Crippen LogP contribution in [0, 0.1) is 18.8 Å². The van der Waals surface area contributed by atoms with Gasteiger partial charge < -0.3 is 11.1 Å². The number of anilines is 1. The second kappa shape index (κ2) is 7.07. The molecule has 0 unspecified atom stereocenters. The first kappa shape index (κ1) is 15.3. The molecule has 1 aromatic carbocycles. The zero-order valence-corrected chi connectivity index (χ0v) is 13.4. The summed E-state index contributed by atoms with van der Waals surface area (Å²) in [7, 11) is 0. The molecule has 1 fully saturated rings. The summed E-state index contributed by atoms with van der Waals surface area (Å²) in [5.41, 5.74) is 9.10. The molecule has 0 saturated heterocycles. The lowest BCUT2D eigenvalue weighted by Crippen LogP contribution is -2.18. The number of hydrogen-bond acceptors (Lipinski definition) is 2. The van der Waals surface area contributed by atoms with Gasteiger partial charge >= 0.3 is 0 Å². The van der Waals surface area contributed by atoms with Gasteiger partial charge in [0.1, 0.15) is 4.99 Å². The Kier molecular flexibility index (Phi) is 5.41. The molecule has 0 aromatic heterocycles. The highest BCUT2D eigenvalue weighted by Crippen LogP contribution is 2.30. The lowest BCUT2D eigenvalue weighted by atomic mass is 9.81. The summed E-state index contributed by atoms with van der Waals surface area (Å²) >= 11 is 5.14. The summed E-state index contributed by atoms with van der Waals surface area (Å²) in [4.78, 5) is 0.475. The second-order valence-electron chi connectivity index (χ2n) is 6.20. The van der Waals surface area contributed by atoms with Gasteiger partial charge in [-0.05, 0) is 36.8 Å². The Morgan fingerprint density at radius 3 is 2.65 bits per heavy atom. The molecule has 3 N–H and O–H groups in total. The number of nitrogens with two attached hydrogens (primary N) is 1. The van der Waals surface area contributed by atoms with Gasteiger partial charge in [-0.2, -0.15) is 0 Å². The molecular weight excluding hydrogens is 264 g/mol. The Morgan fingerprint density at radius 2 is 2.00 bits per heavy atom. The van der Waals surface area contributed by atoms with Gasteiger partial charge in [-0.15, -0.1) is 0 Å². The first-order chi connectivity index (χ1) is 9.58. The number of aryl methyl sites for hydroxylation is 1. The molecule has 2 rings (SSSR count). The lowest BCUT2D eigenvalue weighted by molar-refractivity contribution is 0.282. The Bertz CT molecular complexity index is 462. The van der Waals surface area contributed by atoms with Crippen molar-refractivity contribution < 1.29 is 0 Å². The Balaban J connectivity index is 1.89. The molecule has 0 aliphatic heterocycles. The van der Waals surface area contributed by atoms with Crippen LogP contribution in [0.15, 0.2) is 18.2 Å². The van der Waals surface area contributed by atoms with Gasteiger partial charge in [-0.3, -0.25) is 0 Å². The van der Waals surface area contributed by atoms with Gasteiger partial charge in [0.05, 0.1) is 0 Å². The molecule has 1 aliphatic rings. The van der Waals surface area contributed by atoms with Crippen LogP contribution in [0.5, 0.6) is 0 Å². The summed E-state index contributed by atoms with van der Waals surface area (Å²) in [6.07, 6.45) is 6.82. The molecule has 1 saturated carbocycles. The van der Waals surface area contributed by atoms with E-state index in [0.717, 1.165) is 29.6 Å². The second-order valence-corrected chi connectivity index (χ2v) is 6.64. The minimum absolute atomic E-state index is 0.475. The molecule has 0 bridgehead atoms. The topological polar surface area (TPSA) is 38.0 Å². The molecule has 2 nitrogen and oxygen atoms in total. The molecule has 0 spiro atoms. The van der Waals surface area contributed by atoms with E-state index in [4.69, 9.17) is 18.0 Å². The van der Waals surface area contributed by atoms with Crippen LogP contribution in [0.3, 0.4) is 0 Å². The fourth-order valence-corrected chi connectivity index (χ4v) is 3.30. The minimum atomic E-state index is 0.475. The van der Waals surface area contributed by atoms with Crippen molar-refractivity contribution in [2.45, 2.75) is 46.0 Å². The van der Waals surface area contributed by atoms with E-state index in [1.807, 2.05) is 12.1 Å². The summed E-state index contributed by atoms with van der Waals surface area (Å²) in [6, 6.07) is 6.11. The highest BCUT2D eigenvalue weighted by atomic mass is 32.1. The number of nitrogens with one attached hydrogen (secondary N) is 1. The number of benzene rings is 1. The molecule has 3 heteroatoms. The van der Waals surface area contributed by atoms with Crippen molar-refractivity contribution in [2.24, 2.45) is 17.6 Å². The van der Waals surface area contributed by atoms with Crippen LogP contribution >= 0.6 is 12.2 Å². The quantitative estimate of drug-likeness (QED) is 0.796. The summed E-state index contributed by atoms with van der Waals surface area (Å²) in [5.74, 6) is 1.81. The van der Waals surface area contributed by atoms with Crippen LogP contribution in [0.4, 0.5) is 5.69 Å². The molecule has 0 heterocycles. The minimum Gasteiger partial charge on any atom is -0.389 e. The fraction of sp³-hybridized carbons (Fsp3) is 0.588. The fourth-order valence-electron chi connectivity index (χ4n) is 3.13. The number of para-hydroxylation sites is 1. The smallest absolute Gasteiger partial charge is 0.106 e. The van der Waals surface area contributed by atoms with Gasteiger partial charge in [0.2, 0.25) is 0 Å². The van der Waals surface area contributed by atoms with E-state index in [0.29, 0.717) is 4.99 Å². The van der Waals surface area contributed by atoms with Crippen molar-refractivity contribution in [3.63, 3.8) is 0 Å². The van der Waals surface area contributed by atoms with E-state index >= 15 is 0 Å². The Labute approximate surface area is 128 Å². The third-order valence-electron chi connectivity index (χ3n) is 4.53. The van der Waals surface area contributed by atoms with Crippen LogP contribution in [0.25, 0.3) is 0 Å². The van der Waals surface area contributed by atoms with Gasteiger partial charge in [0, 0.05) is 17.8 Å². The van der Waals surface area contributed by atoms with Crippen LogP contribution < -0.4 is 11.1 Å². The van der Waals surface area contributed by atoms with E-state index in [2.05, 4.69) is 25.2 Å². The van der Waals surface area contributed by atoms with Crippen molar-refractivity contribution in [3.05, 3.63) is 29.3 Å². The Hall–Kier alpha value is -1.09. The normalized spacial score (nSPS) is 22.5. The zero-order chi connectivity index (χ0) is 14.5. The highest BCUT2D eigenvalue weighted by Gasteiger charge is 2.18. The van der Waals surface area contributed by atoms with Gasteiger partial charge in [-0.25, -0.2) is 0 Å². The van der Waals surface area contributed by atoms with Crippen molar-refractivity contribution >= 4 is 22.9 Å². The lowest BCUT2D eigenvalue weighted by Gasteiger charge is -2.26. The average Bonchev–Trinajstić information content (AvgIpc) is 2.42. The SMILES string of the molecule is Cc1cccc(C(N)=S)c1NCCC1CCC(C)CC1. The third-order valence-corrected chi connectivity index (χ3v) is 4.75. The Morgan fingerprint density at radius 1 is 1.30 bits per heavy atom. The van der Waals surface area contributed by atoms with Crippen molar-refractivity contribution in [1.82, 2.24) is 0 Å². The summed E-state index contributed by atoms with van der Waals surface area (Å²) in [5, 5.41) is 3.55. The number of rotatable bonds is 5. The van der Waals surface area contributed by atoms with Crippen LogP contribution in [-0.4, -0.2) is 11.5 Å². The van der Waals surface area contributed by atoms with Crippen LogP contribution in [0.1, 0.15) is 50.2 Å². The van der Waals surface area contributed by atoms with E-state index in [-0.39, 0.29) is 0 Å². The maximum absolute atomic E-state index is 5.80. The molecule has 1 aromatic rings. The molecular formula is C17H26N2S. The van der Waals surface area contributed by atoms with Crippen molar-refractivity contribution in [2.75, 3.05) is 11.9 Å². The van der Waals surface area contributed by atoms with Crippen LogP contribution in [-0.2, 0) is 0 Å². The summed E-state index contributed by atoms with van der Waals surface area (Å²) in [6.45, 7) is 5.49. The number of hydrogen-bond donors (Lipinski definition) is 2. The average molecular weight is 290 g/mol. The maximum atomic E-state index is 5.80. The first-order valence-electron chi connectivity index (χ1n) is 7.71. The highest BCUT2D eigenvalue weighted by molar-refractivity contribution is 7.80. The van der Waals surface area contributed by atoms with Gasteiger partial charge in [0.15, 0.2) is 0 Å². The van der Waals surface area contributed by atoms with E-state index in [9.17, 15) is 0 Å². The zero-order valence-electron chi connectivity index (χ0n) is 12.6. The predicted molar refractivity (Wildman–Crippen MR) is 91.3 cm³/mol. The molecule has 0 atom stereocenters. The van der Waals surface area contributed by atoms with E-state index < -0.39 is 0 Å². The molecule has 0 amide bonds. The maximum Gasteiger partial charge on any atom is 0.106 e. The predicted octanol–water partition coefficient (Wildman–Crippen LogP) is 4.26. The first-order valence-corrected chi connectivity index (χ1v) is 8.12. The van der Waals surface area contributed by atoms with E-state index in [1.54, 1.807) is 0 Å². The van der Waals surface area contributed by atoms with Crippen molar-refractivity contribution in [3.8, 4) is 0 Å². The standard InChI is InChI=1S/C17H26N2S/c1-12-6-8-14(9-7-12)10-11-19-16-13(2)4-3-5-15(16)17(18)20/h3-5,12,14,19H,6-11H2,1-2H3,(H2,18,20). The monoisotopic (exact) mass is 290 g/mol. The molecule has 20 heavy (non-hydrogen) atoms. The molecule has 110 valence electrons. The van der Waals surface area contributed by atoms with Gasteiger partial charge in [-0.1, -0.05) is 57.0 Å². The van der Waals surface area contributed by atoms with Crippen LogP contribution in [0.2, 0.25) is 0 Å². The summed E-state index contributed by atoms with van der Waals surface area (Å²) < 4.78 is 0.